The highest BCUT2D eigenvalue weighted by Crippen LogP contribution is 2.46. The Hall–Kier alpha value is -1.35. The second kappa shape index (κ2) is 3.10. The number of benzene rings is 1. The lowest BCUT2D eigenvalue weighted by Crippen LogP contribution is -2.17. The number of methoxy groups -OCH3 is 1. The Morgan fingerprint density at radius 1 is 1.43 bits per heavy atom. The summed E-state index contributed by atoms with van der Waals surface area (Å²) in [5, 5.41) is 0. The highest BCUT2D eigenvalue weighted by Gasteiger charge is 2.59. The predicted octanol–water partition coefficient (Wildman–Crippen LogP) is 1.47. The van der Waals surface area contributed by atoms with E-state index in [-0.39, 0.29) is 5.97 Å². The summed E-state index contributed by atoms with van der Waals surface area (Å²) in [5.74, 6) is -0.309. The van der Waals surface area contributed by atoms with E-state index in [1.807, 2.05) is 37.3 Å². The van der Waals surface area contributed by atoms with Crippen LogP contribution in [0.25, 0.3) is 0 Å². The minimum absolute atomic E-state index is 0.309. The van der Waals surface area contributed by atoms with E-state index in [0.717, 1.165) is 5.56 Å². The number of carbonyl (C=O) groups excluding carboxylic acids is 1. The molecule has 0 unspecified atom stereocenters. The monoisotopic (exact) mass is 192 g/mol. The van der Waals surface area contributed by atoms with Crippen molar-refractivity contribution in [2.45, 2.75) is 18.6 Å². The minimum atomic E-state index is -0.492. The van der Waals surface area contributed by atoms with Crippen LogP contribution in [0.2, 0.25) is 0 Å². The molecule has 3 nitrogen and oxygen atoms in total. The first-order valence-electron chi connectivity index (χ1n) is 4.49. The SMILES string of the molecule is COC(=O)[C@@H]1O[C@]1(C)c1ccccc1. The number of hydrogen-bond donors (Lipinski definition) is 0. The van der Waals surface area contributed by atoms with Crippen molar-refractivity contribution in [2.75, 3.05) is 7.11 Å². The van der Waals surface area contributed by atoms with Crippen LogP contribution >= 0.6 is 0 Å². The average molecular weight is 192 g/mol. The summed E-state index contributed by atoms with van der Waals surface area (Å²) in [6.07, 6.45) is -0.449. The Bertz CT molecular complexity index is 347. The summed E-state index contributed by atoms with van der Waals surface area (Å²) in [5.41, 5.74) is 0.518. The standard InChI is InChI=1S/C11H12O3/c1-11(8-6-4-3-5-7-8)9(14-11)10(12)13-2/h3-7,9H,1-2H3/t9-,11+/m0/s1. The molecule has 1 fully saturated rings. The van der Waals surface area contributed by atoms with Gasteiger partial charge in [-0.15, -0.1) is 0 Å². The number of ether oxygens (including phenoxy) is 2. The lowest BCUT2D eigenvalue weighted by molar-refractivity contribution is -0.142. The molecule has 1 aromatic rings. The van der Waals surface area contributed by atoms with Crippen molar-refractivity contribution in [1.82, 2.24) is 0 Å². The quantitative estimate of drug-likeness (QED) is 0.526. The molecule has 0 spiro atoms. The number of carbonyl (C=O) groups is 1. The fraction of sp³-hybridized carbons (Fsp3) is 0.364. The molecule has 1 aliphatic rings. The molecule has 2 atom stereocenters. The van der Waals surface area contributed by atoms with Gasteiger partial charge in [0.2, 0.25) is 0 Å². The van der Waals surface area contributed by atoms with Crippen LogP contribution in [0, 0.1) is 0 Å². The summed E-state index contributed by atoms with van der Waals surface area (Å²) in [6.45, 7) is 1.89. The molecule has 1 aliphatic heterocycles. The zero-order valence-electron chi connectivity index (χ0n) is 8.19. The van der Waals surface area contributed by atoms with Gasteiger partial charge in [-0.1, -0.05) is 30.3 Å². The molecule has 1 saturated heterocycles. The molecule has 0 aliphatic carbocycles. The van der Waals surface area contributed by atoms with Crippen molar-refractivity contribution in [2.24, 2.45) is 0 Å². The third kappa shape index (κ3) is 1.30. The van der Waals surface area contributed by atoms with E-state index in [0.29, 0.717) is 0 Å². The van der Waals surface area contributed by atoms with Gasteiger partial charge in [0.25, 0.3) is 0 Å². The first kappa shape index (κ1) is 9.21. The highest BCUT2D eigenvalue weighted by atomic mass is 16.6. The third-order valence-corrected chi connectivity index (χ3v) is 2.57. The summed E-state index contributed by atoms with van der Waals surface area (Å²) >= 11 is 0. The number of rotatable bonds is 2. The average Bonchev–Trinajstić information content (AvgIpc) is 2.93. The molecule has 0 aromatic heterocycles. The number of epoxide rings is 1. The maximum absolute atomic E-state index is 11.2. The van der Waals surface area contributed by atoms with Crippen molar-refractivity contribution < 1.29 is 14.3 Å². The molecule has 3 heteroatoms. The van der Waals surface area contributed by atoms with Gasteiger partial charge >= 0.3 is 5.97 Å². The molecule has 0 amide bonds. The van der Waals surface area contributed by atoms with Gasteiger partial charge in [0, 0.05) is 0 Å². The van der Waals surface area contributed by atoms with Crippen molar-refractivity contribution >= 4 is 5.97 Å². The smallest absolute Gasteiger partial charge is 0.338 e. The molecule has 1 heterocycles. The van der Waals surface area contributed by atoms with E-state index in [1.165, 1.54) is 7.11 Å². The van der Waals surface area contributed by atoms with Gasteiger partial charge in [-0.2, -0.15) is 0 Å². The Morgan fingerprint density at radius 3 is 2.64 bits per heavy atom. The molecule has 0 bridgehead atoms. The molecular formula is C11H12O3. The van der Waals surface area contributed by atoms with Gasteiger partial charge in [0.15, 0.2) is 6.10 Å². The van der Waals surface area contributed by atoms with E-state index < -0.39 is 11.7 Å². The van der Waals surface area contributed by atoms with Crippen molar-refractivity contribution in [3.05, 3.63) is 35.9 Å². The van der Waals surface area contributed by atoms with E-state index in [1.54, 1.807) is 0 Å². The molecule has 74 valence electrons. The summed E-state index contributed by atoms with van der Waals surface area (Å²) in [4.78, 5) is 11.2. The van der Waals surface area contributed by atoms with Crippen LogP contribution in [0.5, 0.6) is 0 Å². The summed E-state index contributed by atoms with van der Waals surface area (Å²) in [7, 11) is 1.37. The predicted molar refractivity (Wildman–Crippen MR) is 50.7 cm³/mol. The van der Waals surface area contributed by atoms with Gasteiger partial charge in [0.05, 0.1) is 7.11 Å². The van der Waals surface area contributed by atoms with Gasteiger partial charge in [-0.3, -0.25) is 0 Å². The molecule has 2 rings (SSSR count). The summed E-state index contributed by atoms with van der Waals surface area (Å²) in [6, 6.07) is 9.68. The molecule has 0 N–H and O–H groups in total. The van der Waals surface area contributed by atoms with Crippen LogP contribution in [-0.4, -0.2) is 19.2 Å². The first-order chi connectivity index (χ1) is 6.68. The zero-order valence-corrected chi connectivity index (χ0v) is 8.19. The van der Waals surface area contributed by atoms with Crippen molar-refractivity contribution in [1.29, 1.82) is 0 Å². The Morgan fingerprint density at radius 2 is 2.07 bits per heavy atom. The number of hydrogen-bond acceptors (Lipinski definition) is 3. The van der Waals surface area contributed by atoms with Crippen LogP contribution in [0.15, 0.2) is 30.3 Å². The van der Waals surface area contributed by atoms with E-state index in [9.17, 15) is 4.79 Å². The second-order valence-electron chi connectivity index (χ2n) is 3.49. The lowest BCUT2D eigenvalue weighted by Gasteiger charge is -2.04. The molecular weight excluding hydrogens is 180 g/mol. The van der Waals surface area contributed by atoms with Crippen LogP contribution in [0.4, 0.5) is 0 Å². The van der Waals surface area contributed by atoms with Crippen LogP contribution in [-0.2, 0) is 19.9 Å². The Balaban J connectivity index is 2.19. The highest BCUT2D eigenvalue weighted by molar-refractivity contribution is 5.79. The van der Waals surface area contributed by atoms with E-state index in [2.05, 4.69) is 4.74 Å². The van der Waals surface area contributed by atoms with Crippen molar-refractivity contribution in [3.8, 4) is 0 Å². The zero-order chi connectivity index (χ0) is 10.2. The summed E-state index contributed by atoms with van der Waals surface area (Å²) < 4.78 is 10.00. The molecule has 14 heavy (non-hydrogen) atoms. The minimum Gasteiger partial charge on any atom is -0.467 e. The van der Waals surface area contributed by atoms with Gasteiger partial charge in [0.1, 0.15) is 5.60 Å². The topological polar surface area (TPSA) is 38.8 Å². The Labute approximate surface area is 82.6 Å². The van der Waals surface area contributed by atoms with Crippen LogP contribution < -0.4 is 0 Å². The maximum atomic E-state index is 11.2. The Kier molecular flexibility index (Phi) is 2.04. The van der Waals surface area contributed by atoms with Crippen LogP contribution in [0.3, 0.4) is 0 Å². The van der Waals surface area contributed by atoms with Gasteiger partial charge < -0.3 is 9.47 Å². The third-order valence-electron chi connectivity index (χ3n) is 2.57. The van der Waals surface area contributed by atoms with Crippen LogP contribution in [0.1, 0.15) is 12.5 Å². The lowest BCUT2D eigenvalue weighted by atomic mass is 9.98. The van der Waals surface area contributed by atoms with Crippen molar-refractivity contribution in [3.63, 3.8) is 0 Å². The molecule has 0 saturated carbocycles. The molecule has 1 aromatic carbocycles. The fourth-order valence-corrected chi connectivity index (χ4v) is 1.58. The fourth-order valence-electron chi connectivity index (χ4n) is 1.58. The largest absolute Gasteiger partial charge is 0.467 e. The number of esters is 1. The van der Waals surface area contributed by atoms with Gasteiger partial charge in [-0.05, 0) is 12.5 Å². The second-order valence-corrected chi connectivity index (χ2v) is 3.49. The normalized spacial score (nSPS) is 29.7. The van der Waals surface area contributed by atoms with Gasteiger partial charge in [-0.25, -0.2) is 4.79 Å². The molecule has 0 radical (unpaired) electrons. The maximum Gasteiger partial charge on any atom is 0.338 e. The van der Waals surface area contributed by atoms with E-state index >= 15 is 0 Å². The van der Waals surface area contributed by atoms with E-state index in [4.69, 9.17) is 4.74 Å². The first-order valence-corrected chi connectivity index (χ1v) is 4.49.